The molecular formula is C22H29ClO5S. The highest BCUT2D eigenvalue weighted by Crippen LogP contribution is 2.49. The highest BCUT2D eigenvalue weighted by Gasteiger charge is 2.44. The van der Waals surface area contributed by atoms with E-state index >= 15 is 0 Å². The number of carbonyl (C=O) groups is 1. The molecule has 0 unspecified atom stereocenters. The summed E-state index contributed by atoms with van der Waals surface area (Å²) in [6.07, 6.45) is 7.29. The van der Waals surface area contributed by atoms with Gasteiger partial charge in [-0.25, -0.2) is 0 Å². The first kappa shape index (κ1) is 22.5. The Morgan fingerprint density at radius 2 is 2.07 bits per heavy atom. The van der Waals surface area contributed by atoms with Gasteiger partial charge >= 0.3 is 5.97 Å². The first-order valence-corrected chi connectivity index (χ1v) is 11.5. The van der Waals surface area contributed by atoms with Crippen molar-refractivity contribution >= 4 is 29.3 Å². The van der Waals surface area contributed by atoms with E-state index in [1.54, 1.807) is 30.3 Å². The molecule has 160 valence electrons. The lowest BCUT2D eigenvalue weighted by molar-refractivity contribution is -0.137. The minimum absolute atomic E-state index is 0.0534. The van der Waals surface area contributed by atoms with Crippen molar-refractivity contribution in [3.05, 3.63) is 41.4 Å². The molecule has 1 aromatic carbocycles. The van der Waals surface area contributed by atoms with Crippen LogP contribution >= 0.6 is 23.4 Å². The lowest BCUT2D eigenvalue weighted by atomic mass is 9.88. The number of hydrogen-bond donors (Lipinski definition) is 3. The minimum atomic E-state index is -0.739. The van der Waals surface area contributed by atoms with Crippen LogP contribution < -0.4 is 4.74 Å². The summed E-state index contributed by atoms with van der Waals surface area (Å²) < 4.78 is 5.57. The number of benzene rings is 1. The highest BCUT2D eigenvalue weighted by atomic mass is 35.5. The molecular weight excluding hydrogens is 412 g/mol. The van der Waals surface area contributed by atoms with Crippen LogP contribution in [0.1, 0.15) is 38.5 Å². The number of halogens is 1. The largest absolute Gasteiger partial charge is 0.491 e. The van der Waals surface area contributed by atoms with Crippen molar-refractivity contribution in [2.45, 2.75) is 61.2 Å². The van der Waals surface area contributed by atoms with E-state index in [2.05, 4.69) is 0 Å². The van der Waals surface area contributed by atoms with Gasteiger partial charge in [-0.1, -0.05) is 23.8 Å². The molecule has 3 N–H and O–H groups in total. The maximum atomic E-state index is 10.7. The summed E-state index contributed by atoms with van der Waals surface area (Å²) in [6.45, 7) is 0.148. The van der Waals surface area contributed by atoms with Gasteiger partial charge in [0.15, 0.2) is 0 Å². The highest BCUT2D eigenvalue weighted by molar-refractivity contribution is 8.00. The quantitative estimate of drug-likeness (QED) is 0.500. The van der Waals surface area contributed by atoms with Crippen molar-refractivity contribution in [1.82, 2.24) is 0 Å². The van der Waals surface area contributed by atoms with Crippen LogP contribution in [-0.4, -0.2) is 50.6 Å². The Kier molecular flexibility index (Phi) is 8.30. The van der Waals surface area contributed by atoms with Crippen molar-refractivity contribution < 1.29 is 24.9 Å². The van der Waals surface area contributed by atoms with Crippen LogP contribution in [0, 0.1) is 11.8 Å². The molecule has 0 bridgehead atoms. The summed E-state index contributed by atoms with van der Waals surface area (Å²) in [7, 11) is 0. The second-order valence-corrected chi connectivity index (χ2v) is 9.90. The number of aliphatic hydroxyl groups excluding tert-OH is 2. The molecule has 29 heavy (non-hydrogen) atoms. The van der Waals surface area contributed by atoms with Crippen LogP contribution in [0.2, 0.25) is 5.02 Å². The molecule has 0 spiro atoms. The average Bonchev–Trinajstić information content (AvgIpc) is 3.00. The lowest BCUT2D eigenvalue weighted by Gasteiger charge is -2.33. The van der Waals surface area contributed by atoms with Gasteiger partial charge < -0.3 is 20.1 Å². The van der Waals surface area contributed by atoms with E-state index in [0.717, 1.165) is 32.1 Å². The van der Waals surface area contributed by atoms with E-state index in [-0.39, 0.29) is 18.9 Å². The monoisotopic (exact) mass is 440 g/mol. The molecule has 1 heterocycles. The van der Waals surface area contributed by atoms with Crippen LogP contribution in [0.3, 0.4) is 0 Å². The van der Waals surface area contributed by atoms with E-state index < -0.39 is 18.2 Å². The number of ether oxygens (including phenoxy) is 1. The fourth-order valence-corrected chi connectivity index (χ4v) is 6.34. The number of hydrogen-bond acceptors (Lipinski definition) is 5. The Labute approximate surface area is 181 Å². The summed E-state index contributed by atoms with van der Waals surface area (Å²) in [4.78, 5) is 10.7. The maximum Gasteiger partial charge on any atom is 0.303 e. The normalized spacial score (nSPS) is 30.2. The Morgan fingerprint density at radius 3 is 2.79 bits per heavy atom. The zero-order chi connectivity index (χ0) is 20.8. The number of carboxylic acid groups (broad SMARTS) is 1. The summed E-state index contributed by atoms with van der Waals surface area (Å²) in [5.74, 6) is 0.383. The summed E-state index contributed by atoms with van der Waals surface area (Å²) in [6, 6.07) is 7.00. The molecule has 0 amide bonds. The first-order chi connectivity index (χ1) is 13.9. The Bertz CT molecular complexity index is 695. The van der Waals surface area contributed by atoms with Gasteiger partial charge in [0.25, 0.3) is 0 Å². The first-order valence-electron chi connectivity index (χ1n) is 10.2. The van der Waals surface area contributed by atoms with Gasteiger partial charge in [0.2, 0.25) is 0 Å². The van der Waals surface area contributed by atoms with Crippen LogP contribution in [0.15, 0.2) is 36.4 Å². The van der Waals surface area contributed by atoms with E-state index in [1.165, 1.54) is 0 Å². The standard InChI is InChI=1S/C22H29ClO5S/c23-14-4-7-16(8-5-14)28-13-15(24)6-10-18-19-11-9-17(2-1-3-22(26)27)29-21(19)12-20(18)25/h4-8,10,15,17-21,24-25H,1-3,9,11-13H2,(H,26,27)/t15-,17+,18-,19-,20-,21+/m1/s1. The van der Waals surface area contributed by atoms with Crippen molar-refractivity contribution in [2.75, 3.05) is 6.61 Å². The van der Waals surface area contributed by atoms with Gasteiger partial charge in [0, 0.05) is 27.9 Å². The second kappa shape index (κ2) is 10.7. The molecule has 0 radical (unpaired) electrons. The zero-order valence-corrected chi connectivity index (χ0v) is 17.9. The molecule has 2 fully saturated rings. The van der Waals surface area contributed by atoms with Crippen molar-refractivity contribution in [3.8, 4) is 5.75 Å². The van der Waals surface area contributed by atoms with Crippen molar-refractivity contribution in [1.29, 1.82) is 0 Å². The topological polar surface area (TPSA) is 87.0 Å². The number of aliphatic carboxylic acids is 1. The SMILES string of the molecule is O=C(O)CCC[C@H]1CC[C@@H]2[C@@H](C=C[C@@H](O)COc3ccc(Cl)cc3)[C@H](O)C[C@@H]2S1. The van der Waals surface area contributed by atoms with Gasteiger partial charge in [-0.2, -0.15) is 11.8 Å². The van der Waals surface area contributed by atoms with E-state index in [1.807, 2.05) is 17.8 Å². The van der Waals surface area contributed by atoms with E-state index in [0.29, 0.717) is 27.2 Å². The minimum Gasteiger partial charge on any atom is -0.491 e. The van der Waals surface area contributed by atoms with E-state index in [4.69, 9.17) is 21.4 Å². The van der Waals surface area contributed by atoms with Crippen molar-refractivity contribution in [3.63, 3.8) is 0 Å². The van der Waals surface area contributed by atoms with Crippen LogP contribution in [-0.2, 0) is 4.79 Å². The molecule has 6 atom stereocenters. The number of thioether (sulfide) groups is 1. The summed E-state index contributed by atoms with van der Waals surface area (Å²) >= 11 is 7.77. The van der Waals surface area contributed by atoms with Gasteiger partial charge in [-0.15, -0.1) is 0 Å². The van der Waals surface area contributed by atoms with Crippen molar-refractivity contribution in [2.24, 2.45) is 11.8 Å². The van der Waals surface area contributed by atoms with Gasteiger partial charge in [-0.05, 0) is 62.3 Å². The van der Waals surface area contributed by atoms with E-state index in [9.17, 15) is 15.0 Å². The molecule has 0 aromatic heterocycles. The molecule has 1 aliphatic heterocycles. The molecule has 1 saturated heterocycles. The van der Waals surface area contributed by atoms with Gasteiger partial charge in [0.1, 0.15) is 18.5 Å². The van der Waals surface area contributed by atoms with Crippen LogP contribution in [0.5, 0.6) is 5.75 Å². The molecule has 1 aromatic rings. The second-order valence-electron chi connectivity index (χ2n) is 7.92. The molecule has 5 nitrogen and oxygen atoms in total. The Morgan fingerprint density at radius 1 is 1.31 bits per heavy atom. The lowest BCUT2D eigenvalue weighted by Crippen LogP contribution is -2.27. The van der Waals surface area contributed by atoms with Gasteiger partial charge in [0.05, 0.1) is 6.10 Å². The molecule has 2 aliphatic rings. The number of carboxylic acids is 1. The number of rotatable bonds is 9. The number of fused-ring (bicyclic) bond motifs is 1. The molecule has 1 saturated carbocycles. The van der Waals surface area contributed by atoms with Crippen LogP contribution in [0.25, 0.3) is 0 Å². The van der Waals surface area contributed by atoms with Gasteiger partial charge in [-0.3, -0.25) is 4.79 Å². The molecule has 3 rings (SSSR count). The third-order valence-corrected chi connectivity index (χ3v) is 7.79. The number of aliphatic hydroxyl groups is 2. The van der Waals surface area contributed by atoms with Crippen LogP contribution in [0.4, 0.5) is 0 Å². The third-order valence-electron chi connectivity index (χ3n) is 5.79. The fraction of sp³-hybridized carbons (Fsp3) is 0.591. The summed E-state index contributed by atoms with van der Waals surface area (Å²) in [5.41, 5.74) is 0. The Hall–Kier alpha value is -1.21. The summed E-state index contributed by atoms with van der Waals surface area (Å²) in [5, 5.41) is 31.1. The average molecular weight is 441 g/mol. The molecule has 7 heteroatoms. The zero-order valence-electron chi connectivity index (χ0n) is 16.3. The maximum absolute atomic E-state index is 10.7. The fourth-order valence-electron chi connectivity index (χ4n) is 4.32. The smallest absolute Gasteiger partial charge is 0.303 e. The predicted octanol–water partition coefficient (Wildman–Crippen LogP) is 4.15. The predicted molar refractivity (Wildman–Crippen MR) is 116 cm³/mol. The molecule has 1 aliphatic carbocycles. The Balaban J connectivity index is 1.46. The third kappa shape index (κ3) is 6.64.